The first-order valence-electron chi connectivity index (χ1n) is 8.13. The number of hydrogen-bond donors (Lipinski definition) is 2. The van der Waals surface area contributed by atoms with Crippen LogP contribution in [-0.2, 0) is 6.54 Å². The van der Waals surface area contributed by atoms with E-state index in [9.17, 15) is 10.5 Å². The molecule has 8 nitrogen and oxygen atoms in total. The molecular formula is C18H14N8. The van der Waals surface area contributed by atoms with E-state index in [0.29, 0.717) is 34.9 Å². The number of hydrogen-bond acceptors (Lipinski definition) is 6. The molecule has 4 aromatic rings. The van der Waals surface area contributed by atoms with Crippen LogP contribution in [0.3, 0.4) is 0 Å². The largest absolute Gasteiger partial charge is 0.384 e. The Kier molecular flexibility index (Phi) is 3.52. The third-order valence-corrected chi connectivity index (χ3v) is 4.20. The zero-order valence-corrected chi connectivity index (χ0v) is 14.0. The molecule has 0 saturated heterocycles. The van der Waals surface area contributed by atoms with Gasteiger partial charge in [-0.05, 0) is 18.6 Å². The molecule has 126 valence electrons. The summed E-state index contributed by atoms with van der Waals surface area (Å²) in [5.41, 5.74) is 9.59. The molecule has 0 fully saturated rings. The van der Waals surface area contributed by atoms with Gasteiger partial charge in [0, 0.05) is 6.54 Å². The molecule has 8 heteroatoms. The molecule has 0 aliphatic heterocycles. The molecule has 3 aromatic heterocycles. The van der Waals surface area contributed by atoms with E-state index in [1.807, 2.05) is 47.9 Å². The van der Waals surface area contributed by atoms with Gasteiger partial charge in [0.25, 0.3) is 0 Å². The summed E-state index contributed by atoms with van der Waals surface area (Å²) < 4.78 is 1.81. The van der Waals surface area contributed by atoms with Crippen LogP contribution in [0.5, 0.6) is 0 Å². The second-order valence-electron chi connectivity index (χ2n) is 5.83. The summed E-state index contributed by atoms with van der Waals surface area (Å²) >= 11 is 0. The maximum atomic E-state index is 9.30. The Labute approximate surface area is 148 Å². The molecule has 0 aliphatic carbocycles. The minimum atomic E-state index is -0.0222. The number of imidazole rings is 1. The minimum absolute atomic E-state index is 0.00832. The fourth-order valence-electron chi connectivity index (χ4n) is 3.06. The highest BCUT2D eigenvalue weighted by Crippen LogP contribution is 2.35. The van der Waals surface area contributed by atoms with Crippen LogP contribution in [-0.4, -0.2) is 24.5 Å². The van der Waals surface area contributed by atoms with E-state index in [4.69, 9.17) is 5.73 Å². The van der Waals surface area contributed by atoms with Crippen LogP contribution in [0, 0.1) is 22.7 Å². The molecule has 0 atom stereocenters. The number of rotatable bonds is 3. The standard InChI is InChI=1S/C18H14N8/c1-2-7-26-16(21)14(17-23-10-5-3-4-6-11(10)24-17)15-18(26)25-13(9-20)12(8-19)22-15/h3-6H,2,7,21H2,1H3,(H,23,24). The molecule has 0 amide bonds. The number of anilines is 1. The van der Waals surface area contributed by atoms with Gasteiger partial charge in [0.1, 0.15) is 29.3 Å². The van der Waals surface area contributed by atoms with Crippen molar-refractivity contribution in [2.24, 2.45) is 0 Å². The van der Waals surface area contributed by atoms with Crippen molar-refractivity contribution in [2.45, 2.75) is 19.9 Å². The molecule has 0 aliphatic rings. The Morgan fingerprint density at radius 1 is 1.12 bits per heavy atom. The fraction of sp³-hybridized carbons (Fsp3) is 0.167. The monoisotopic (exact) mass is 342 g/mol. The molecule has 3 heterocycles. The maximum Gasteiger partial charge on any atom is 0.179 e. The van der Waals surface area contributed by atoms with Gasteiger partial charge in [0.05, 0.1) is 16.6 Å². The summed E-state index contributed by atoms with van der Waals surface area (Å²) in [6.07, 6.45) is 0.830. The number of aromatic amines is 1. The van der Waals surface area contributed by atoms with E-state index < -0.39 is 0 Å². The summed E-state index contributed by atoms with van der Waals surface area (Å²) in [5.74, 6) is 1.02. The highest BCUT2D eigenvalue weighted by molar-refractivity contribution is 5.98. The summed E-state index contributed by atoms with van der Waals surface area (Å²) in [6, 6.07) is 11.5. The van der Waals surface area contributed by atoms with Crippen molar-refractivity contribution < 1.29 is 0 Å². The van der Waals surface area contributed by atoms with E-state index >= 15 is 0 Å². The summed E-state index contributed by atoms with van der Waals surface area (Å²) in [4.78, 5) is 16.6. The fourth-order valence-corrected chi connectivity index (χ4v) is 3.06. The highest BCUT2D eigenvalue weighted by Gasteiger charge is 2.23. The van der Waals surface area contributed by atoms with Gasteiger partial charge in [-0.25, -0.2) is 15.0 Å². The topological polar surface area (TPSA) is 133 Å². The van der Waals surface area contributed by atoms with Gasteiger partial charge in [-0.3, -0.25) is 0 Å². The highest BCUT2D eigenvalue weighted by atomic mass is 15.1. The average molecular weight is 342 g/mol. The van der Waals surface area contributed by atoms with Crippen LogP contribution >= 0.6 is 0 Å². The average Bonchev–Trinajstić information content (AvgIpc) is 3.19. The zero-order chi connectivity index (χ0) is 18.3. The van der Waals surface area contributed by atoms with Gasteiger partial charge in [-0.15, -0.1) is 0 Å². The van der Waals surface area contributed by atoms with E-state index in [-0.39, 0.29) is 11.4 Å². The van der Waals surface area contributed by atoms with Gasteiger partial charge >= 0.3 is 0 Å². The third-order valence-electron chi connectivity index (χ3n) is 4.20. The van der Waals surface area contributed by atoms with E-state index in [1.54, 1.807) is 0 Å². The van der Waals surface area contributed by atoms with Crippen LogP contribution in [0.4, 0.5) is 5.82 Å². The van der Waals surface area contributed by atoms with Crippen molar-refractivity contribution in [1.82, 2.24) is 24.5 Å². The Bertz CT molecular complexity index is 1200. The molecule has 0 saturated carbocycles. The molecule has 0 spiro atoms. The number of aromatic nitrogens is 5. The molecular weight excluding hydrogens is 328 g/mol. The Morgan fingerprint density at radius 3 is 2.54 bits per heavy atom. The predicted octanol–water partition coefficient (Wildman–Crippen LogP) is 2.71. The van der Waals surface area contributed by atoms with E-state index in [2.05, 4.69) is 19.9 Å². The van der Waals surface area contributed by atoms with Crippen LogP contribution in [0.25, 0.3) is 33.6 Å². The Balaban J connectivity index is 2.09. The number of nitrogens with two attached hydrogens (primary N) is 1. The van der Waals surface area contributed by atoms with Crippen molar-refractivity contribution in [3.8, 4) is 23.5 Å². The summed E-state index contributed by atoms with van der Waals surface area (Å²) in [6.45, 7) is 2.64. The van der Waals surface area contributed by atoms with Gasteiger partial charge < -0.3 is 15.3 Å². The SMILES string of the molecule is CCCn1c(N)c(-c2nc3ccccc3[nH]2)c2nc(C#N)c(C#N)nc21. The molecule has 0 unspecified atom stereocenters. The van der Waals surface area contributed by atoms with Crippen molar-refractivity contribution in [3.63, 3.8) is 0 Å². The molecule has 3 N–H and O–H groups in total. The number of aryl methyl sites for hydroxylation is 1. The number of nitriles is 2. The lowest BCUT2D eigenvalue weighted by Crippen LogP contribution is -2.04. The lowest BCUT2D eigenvalue weighted by molar-refractivity contribution is 0.705. The number of nitrogen functional groups attached to an aromatic ring is 1. The summed E-state index contributed by atoms with van der Waals surface area (Å²) in [5, 5.41) is 18.6. The second kappa shape index (κ2) is 5.87. The van der Waals surface area contributed by atoms with Crippen LogP contribution in [0.2, 0.25) is 0 Å². The molecule has 26 heavy (non-hydrogen) atoms. The first kappa shape index (κ1) is 15.6. The third kappa shape index (κ3) is 2.17. The van der Waals surface area contributed by atoms with Crippen molar-refractivity contribution in [1.29, 1.82) is 10.5 Å². The smallest absolute Gasteiger partial charge is 0.179 e. The lowest BCUT2D eigenvalue weighted by Gasteiger charge is -2.05. The number of nitrogens with zero attached hydrogens (tertiary/aromatic N) is 6. The number of H-pyrrole nitrogens is 1. The number of para-hydroxylation sites is 2. The van der Waals surface area contributed by atoms with Gasteiger partial charge in [0.2, 0.25) is 0 Å². The normalized spacial score (nSPS) is 10.9. The number of benzene rings is 1. The zero-order valence-electron chi connectivity index (χ0n) is 14.0. The van der Waals surface area contributed by atoms with Crippen LogP contribution < -0.4 is 5.73 Å². The van der Waals surface area contributed by atoms with Gasteiger partial charge in [-0.2, -0.15) is 10.5 Å². The van der Waals surface area contributed by atoms with Crippen LogP contribution in [0.15, 0.2) is 24.3 Å². The van der Waals surface area contributed by atoms with Crippen molar-refractivity contribution in [3.05, 3.63) is 35.7 Å². The second-order valence-corrected chi connectivity index (χ2v) is 5.83. The predicted molar refractivity (Wildman–Crippen MR) is 96.7 cm³/mol. The van der Waals surface area contributed by atoms with Crippen molar-refractivity contribution >= 4 is 28.0 Å². The minimum Gasteiger partial charge on any atom is -0.384 e. The quantitative estimate of drug-likeness (QED) is 0.588. The van der Waals surface area contributed by atoms with Crippen LogP contribution in [0.1, 0.15) is 24.7 Å². The maximum absolute atomic E-state index is 9.30. The first-order valence-corrected chi connectivity index (χ1v) is 8.13. The summed E-state index contributed by atoms with van der Waals surface area (Å²) in [7, 11) is 0. The van der Waals surface area contributed by atoms with Gasteiger partial charge in [-0.1, -0.05) is 19.1 Å². The van der Waals surface area contributed by atoms with Gasteiger partial charge in [0.15, 0.2) is 17.0 Å². The molecule has 0 bridgehead atoms. The number of nitrogens with one attached hydrogen (secondary N) is 1. The molecule has 4 rings (SSSR count). The lowest BCUT2D eigenvalue weighted by atomic mass is 10.2. The van der Waals surface area contributed by atoms with E-state index in [1.165, 1.54) is 0 Å². The molecule has 1 aromatic carbocycles. The Morgan fingerprint density at radius 2 is 1.85 bits per heavy atom. The number of fused-ring (bicyclic) bond motifs is 2. The van der Waals surface area contributed by atoms with Crippen molar-refractivity contribution in [2.75, 3.05) is 5.73 Å². The van der Waals surface area contributed by atoms with E-state index in [0.717, 1.165) is 17.5 Å². The first-order chi connectivity index (χ1) is 12.7. The Hall–Kier alpha value is -3.91. The molecule has 0 radical (unpaired) electrons.